The zero-order chi connectivity index (χ0) is 19.8. The van der Waals surface area contributed by atoms with Gasteiger partial charge in [-0.1, -0.05) is 35.5 Å². The number of esters is 1. The summed E-state index contributed by atoms with van der Waals surface area (Å²) < 4.78 is 23.2. The van der Waals surface area contributed by atoms with Crippen molar-refractivity contribution in [3.63, 3.8) is 0 Å². The monoisotopic (exact) mass is 400 g/mol. The number of rotatable bonds is 8. The summed E-state index contributed by atoms with van der Waals surface area (Å²) in [4.78, 5) is 23.6. The summed E-state index contributed by atoms with van der Waals surface area (Å²) in [6.07, 6.45) is 0. The molecule has 1 N–H and O–H groups in total. The molecule has 0 radical (unpaired) electrons. The van der Waals surface area contributed by atoms with Crippen LogP contribution in [0.25, 0.3) is 11.3 Å². The Hall–Kier alpha value is -3.13. The summed E-state index contributed by atoms with van der Waals surface area (Å²) in [6, 6.07) is 16.6. The quantitative estimate of drug-likeness (QED) is 0.578. The molecule has 1 aromatic heterocycles. The van der Waals surface area contributed by atoms with Crippen molar-refractivity contribution in [2.24, 2.45) is 0 Å². The Morgan fingerprint density at radius 2 is 1.82 bits per heavy atom. The molecule has 0 aliphatic rings. The molecular formula is C20H17FN2O4S. The fourth-order valence-corrected chi connectivity index (χ4v) is 2.88. The van der Waals surface area contributed by atoms with Crippen molar-refractivity contribution in [2.75, 3.05) is 16.8 Å². The van der Waals surface area contributed by atoms with Gasteiger partial charge in [0.05, 0.1) is 11.5 Å². The van der Waals surface area contributed by atoms with Gasteiger partial charge < -0.3 is 14.6 Å². The predicted molar refractivity (Wildman–Crippen MR) is 104 cm³/mol. The number of carbonyl (C=O) groups excluding carboxylic acids is 2. The van der Waals surface area contributed by atoms with Crippen LogP contribution in [-0.4, -0.2) is 28.5 Å². The highest BCUT2D eigenvalue weighted by molar-refractivity contribution is 8.00. The van der Waals surface area contributed by atoms with Gasteiger partial charge in [0.15, 0.2) is 5.76 Å². The maximum Gasteiger partial charge on any atom is 0.316 e. The van der Waals surface area contributed by atoms with Gasteiger partial charge in [-0.2, -0.15) is 0 Å². The standard InChI is InChI=1S/C20H17FN2O4S/c21-15-6-8-16(9-7-15)22-19(24)12-28-13-20(25)26-11-17-10-18(27-23-17)14-4-2-1-3-5-14/h1-10H,11-13H2,(H,22,24). The highest BCUT2D eigenvalue weighted by Crippen LogP contribution is 2.20. The van der Waals surface area contributed by atoms with E-state index in [1.54, 1.807) is 6.07 Å². The molecule has 3 rings (SSSR count). The van der Waals surface area contributed by atoms with Gasteiger partial charge in [0, 0.05) is 17.3 Å². The van der Waals surface area contributed by atoms with Gasteiger partial charge in [-0.15, -0.1) is 11.8 Å². The molecular weight excluding hydrogens is 383 g/mol. The summed E-state index contributed by atoms with van der Waals surface area (Å²) in [7, 11) is 0. The maximum absolute atomic E-state index is 12.8. The van der Waals surface area contributed by atoms with Crippen molar-refractivity contribution in [3.8, 4) is 11.3 Å². The van der Waals surface area contributed by atoms with E-state index in [1.165, 1.54) is 24.3 Å². The highest BCUT2D eigenvalue weighted by Gasteiger charge is 2.10. The van der Waals surface area contributed by atoms with Crippen LogP contribution in [0.2, 0.25) is 0 Å². The molecule has 28 heavy (non-hydrogen) atoms. The van der Waals surface area contributed by atoms with E-state index in [1.807, 2.05) is 30.3 Å². The van der Waals surface area contributed by atoms with E-state index in [2.05, 4.69) is 10.5 Å². The van der Waals surface area contributed by atoms with Crippen LogP contribution in [0.1, 0.15) is 5.69 Å². The molecule has 0 spiro atoms. The number of nitrogens with zero attached hydrogens (tertiary/aromatic N) is 1. The zero-order valence-corrected chi connectivity index (χ0v) is 15.6. The fraction of sp³-hybridized carbons (Fsp3) is 0.150. The molecule has 8 heteroatoms. The molecule has 0 fully saturated rings. The summed E-state index contributed by atoms with van der Waals surface area (Å²) in [5.41, 5.74) is 1.89. The lowest BCUT2D eigenvalue weighted by molar-refractivity contribution is -0.141. The van der Waals surface area contributed by atoms with Crippen molar-refractivity contribution in [2.45, 2.75) is 6.61 Å². The van der Waals surface area contributed by atoms with Gasteiger partial charge in [0.25, 0.3) is 0 Å². The summed E-state index contributed by atoms with van der Waals surface area (Å²) in [6.45, 7) is -0.00248. The molecule has 3 aromatic rings. The van der Waals surface area contributed by atoms with Crippen molar-refractivity contribution in [3.05, 3.63) is 72.2 Å². The molecule has 0 bridgehead atoms. The zero-order valence-electron chi connectivity index (χ0n) is 14.8. The van der Waals surface area contributed by atoms with Crippen LogP contribution in [-0.2, 0) is 20.9 Å². The summed E-state index contributed by atoms with van der Waals surface area (Å²) in [5.74, 6) is -0.414. The van der Waals surface area contributed by atoms with Gasteiger partial charge in [-0.05, 0) is 24.3 Å². The van der Waals surface area contributed by atoms with E-state index < -0.39 is 5.97 Å². The number of anilines is 1. The normalized spacial score (nSPS) is 10.5. The smallest absolute Gasteiger partial charge is 0.316 e. The topological polar surface area (TPSA) is 81.4 Å². The SMILES string of the molecule is O=C(CSCC(=O)OCc1cc(-c2ccccc2)on1)Nc1ccc(F)cc1. The van der Waals surface area contributed by atoms with E-state index in [9.17, 15) is 14.0 Å². The molecule has 0 saturated heterocycles. The van der Waals surface area contributed by atoms with E-state index in [0.29, 0.717) is 17.1 Å². The van der Waals surface area contributed by atoms with Crippen molar-refractivity contribution < 1.29 is 23.2 Å². The van der Waals surface area contributed by atoms with Gasteiger partial charge in [-0.25, -0.2) is 4.39 Å². The van der Waals surface area contributed by atoms with Crippen molar-refractivity contribution in [1.82, 2.24) is 5.16 Å². The number of aromatic nitrogens is 1. The van der Waals surface area contributed by atoms with E-state index in [0.717, 1.165) is 17.3 Å². The van der Waals surface area contributed by atoms with Crippen LogP contribution in [0, 0.1) is 5.82 Å². The molecule has 0 aliphatic carbocycles. The lowest BCUT2D eigenvalue weighted by atomic mass is 10.2. The number of hydrogen-bond donors (Lipinski definition) is 1. The van der Waals surface area contributed by atoms with Crippen LogP contribution in [0.4, 0.5) is 10.1 Å². The number of benzene rings is 2. The maximum atomic E-state index is 12.8. The number of ether oxygens (including phenoxy) is 1. The lowest BCUT2D eigenvalue weighted by Gasteiger charge is -2.05. The number of thioether (sulfide) groups is 1. The molecule has 0 unspecified atom stereocenters. The van der Waals surface area contributed by atoms with Crippen LogP contribution in [0.15, 0.2) is 65.2 Å². The van der Waals surface area contributed by atoms with Gasteiger partial charge >= 0.3 is 5.97 Å². The first-order chi connectivity index (χ1) is 13.6. The third kappa shape index (κ3) is 5.95. The van der Waals surface area contributed by atoms with Crippen LogP contribution < -0.4 is 5.32 Å². The summed E-state index contributed by atoms with van der Waals surface area (Å²) >= 11 is 1.12. The minimum atomic E-state index is -0.455. The molecule has 144 valence electrons. The first-order valence-electron chi connectivity index (χ1n) is 8.40. The largest absolute Gasteiger partial charge is 0.458 e. The average Bonchev–Trinajstić information content (AvgIpc) is 3.18. The Labute approximate surface area is 165 Å². The van der Waals surface area contributed by atoms with Crippen LogP contribution >= 0.6 is 11.8 Å². The van der Waals surface area contributed by atoms with Crippen molar-refractivity contribution in [1.29, 1.82) is 0 Å². The Morgan fingerprint density at radius 3 is 2.57 bits per heavy atom. The number of amides is 1. The Balaban J connectivity index is 1.36. The van der Waals surface area contributed by atoms with Gasteiger partial charge in [-0.3, -0.25) is 9.59 Å². The van der Waals surface area contributed by atoms with E-state index in [4.69, 9.17) is 9.26 Å². The first-order valence-corrected chi connectivity index (χ1v) is 9.55. The minimum absolute atomic E-state index is 0.00248. The second-order valence-corrected chi connectivity index (χ2v) is 6.74. The Kier molecular flexibility index (Phi) is 6.80. The van der Waals surface area contributed by atoms with E-state index >= 15 is 0 Å². The molecule has 2 aromatic carbocycles. The molecule has 0 aliphatic heterocycles. The highest BCUT2D eigenvalue weighted by atomic mass is 32.2. The van der Waals surface area contributed by atoms with Gasteiger partial charge in [0.2, 0.25) is 5.91 Å². The molecule has 6 nitrogen and oxygen atoms in total. The van der Waals surface area contributed by atoms with Crippen LogP contribution in [0.5, 0.6) is 0 Å². The molecule has 1 amide bonds. The third-order valence-electron chi connectivity index (χ3n) is 3.58. The Bertz CT molecular complexity index is 929. The number of halogens is 1. The van der Waals surface area contributed by atoms with Gasteiger partial charge in [0.1, 0.15) is 18.1 Å². The molecule has 0 atom stereocenters. The third-order valence-corrected chi connectivity index (χ3v) is 4.49. The fourth-order valence-electron chi connectivity index (χ4n) is 2.27. The van der Waals surface area contributed by atoms with Crippen molar-refractivity contribution >= 4 is 29.3 Å². The second-order valence-electron chi connectivity index (χ2n) is 5.76. The first kappa shape index (κ1) is 19.6. The summed E-state index contributed by atoms with van der Waals surface area (Å²) in [5, 5.41) is 6.49. The second kappa shape index (κ2) is 9.70. The lowest BCUT2D eigenvalue weighted by Crippen LogP contribution is -2.16. The van der Waals surface area contributed by atoms with Crippen LogP contribution in [0.3, 0.4) is 0 Å². The number of hydrogen-bond acceptors (Lipinski definition) is 6. The Morgan fingerprint density at radius 1 is 1.07 bits per heavy atom. The minimum Gasteiger partial charge on any atom is -0.458 e. The van der Waals surface area contributed by atoms with E-state index in [-0.39, 0.29) is 29.8 Å². The molecule has 0 saturated carbocycles. The number of nitrogens with one attached hydrogen (secondary N) is 1. The average molecular weight is 400 g/mol. The predicted octanol–water partition coefficient (Wildman–Crippen LogP) is 3.90. The number of carbonyl (C=O) groups is 2. The molecule has 1 heterocycles.